The van der Waals surface area contributed by atoms with E-state index in [-0.39, 0.29) is 0 Å². The standard InChI is InChI=1S/C6H2F4OS/c7-2-1-3(11-12)5(9)6(10)4(2)8/h1,12H. The van der Waals surface area contributed by atoms with Crippen LogP contribution in [0.4, 0.5) is 17.6 Å². The van der Waals surface area contributed by atoms with E-state index < -0.39 is 29.0 Å². The second-order valence-electron chi connectivity index (χ2n) is 1.89. The lowest BCUT2D eigenvalue weighted by Gasteiger charge is -2.01. The second kappa shape index (κ2) is 3.22. The molecule has 0 atom stereocenters. The number of hydrogen-bond acceptors (Lipinski definition) is 2. The van der Waals surface area contributed by atoms with Crippen molar-refractivity contribution in [2.45, 2.75) is 0 Å². The van der Waals surface area contributed by atoms with Crippen LogP contribution in [0.15, 0.2) is 6.07 Å². The normalized spacial score (nSPS) is 10.1. The predicted molar refractivity (Wildman–Crippen MR) is 35.9 cm³/mol. The summed E-state index contributed by atoms with van der Waals surface area (Å²) in [5.74, 6) is -7.72. The fraction of sp³-hybridized carbons (Fsp3) is 0. The maximum absolute atomic E-state index is 12.5. The molecule has 1 nitrogen and oxygen atoms in total. The van der Waals surface area contributed by atoms with Gasteiger partial charge in [-0.3, -0.25) is 0 Å². The fourth-order valence-corrected chi connectivity index (χ4v) is 0.750. The summed E-state index contributed by atoms with van der Waals surface area (Å²) in [6, 6.07) is 0.362. The topological polar surface area (TPSA) is 9.23 Å². The molecule has 1 aromatic carbocycles. The van der Waals surface area contributed by atoms with E-state index in [2.05, 4.69) is 17.1 Å². The third kappa shape index (κ3) is 1.34. The highest BCUT2D eigenvalue weighted by atomic mass is 32.1. The van der Waals surface area contributed by atoms with Crippen molar-refractivity contribution in [3.05, 3.63) is 29.3 Å². The number of hydrogen-bond donors (Lipinski definition) is 1. The maximum Gasteiger partial charge on any atom is 0.205 e. The van der Waals surface area contributed by atoms with E-state index in [0.717, 1.165) is 0 Å². The Morgan fingerprint density at radius 3 is 2.08 bits per heavy atom. The van der Waals surface area contributed by atoms with Gasteiger partial charge in [-0.25, -0.2) is 13.2 Å². The molecule has 0 amide bonds. The largest absolute Gasteiger partial charge is 0.426 e. The molecule has 0 N–H and O–H groups in total. The SMILES string of the molecule is Fc1cc(OS)c(F)c(F)c1F. The summed E-state index contributed by atoms with van der Waals surface area (Å²) in [7, 11) is 0. The molecule has 0 fully saturated rings. The third-order valence-electron chi connectivity index (χ3n) is 1.17. The van der Waals surface area contributed by atoms with Gasteiger partial charge >= 0.3 is 0 Å². The Labute approximate surface area is 70.6 Å². The van der Waals surface area contributed by atoms with Crippen LogP contribution in [0.25, 0.3) is 0 Å². The molecule has 0 unspecified atom stereocenters. The molecule has 0 aliphatic heterocycles. The first-order valence-electron chi connectivity index (χ1n) is 2.72. The molecule has 0 spiro atoms. The zero-order chi connectivity index (χ0) is 9.30. The van der Waals surface area contributed by atoms with Crippen LogP contribution in [0.3, 0.4) is 0 Å². The van der Waals surface area contributed by atoms with Gasteiger partial charge in [-0.2, -0.15) is 4.39 Å². The highest BCUT2D eigenvalue weighted by Gasteiger charge is 2.19. The molecule has 0 heterocycles. The van der Waals surface area contributed by atoms with Crippen molar-refractivity contribution in [3.63, 3.8) is 0 Å². The zero-order valence-electron chi connectivity index (χ0n) is 5.44. The Morgan fingerprint density at radius 1 is 1.00 bits per heavy atom. The predicted octanol–water partition coefficient (Wildman–Crippen LogP) is 2.47. The van der Waals surface area contributed by atoms with Gasteiger partial charge in [-0.15, -0.1) is 0 Å². The van der Waals surface area contributed by atoms with Crippen molar-refractivity contribution >= 4 is 12.9 Å². The van der Waals surface area contributed by atoms with Gasteiger partial charge in [-0.05, 0) is 0 Å². The molecule has 1 rings (SSSR count). The van der Waals surface area contributed by atoms with Gasteiger partial charge in [0.1, 0.15) is 0 Å². The first-order chi connectivity index (χ1) is 5.57. The third-order valence-corrected chi connectivity index (χ3v) is 1.36. The Kier molecular flexibility index (Phi) is 2.46. The molecule has 0 radical (unpaired) electrons. The van der Waals surface area contributed by atoms with Crippen LogP contribution in [-0.4, -0.2) is 0 Å². The summed E-state index contributed by atoms with van der Waals surface area (Å²) in [6.45, 7) is 0. The molecule has 0 bridgehead atoms. The lowest BCUT2D eigenvalue weighted by Crippen LogP contribution is -1.97. The molecule has 0 aliphatic rings. The number of benzene rings is 1. The van der Waals surface area contributed by atoms with Crippen molar-refractivity contribution in [3.8, 4) is 5.75 Å². The van der Waals surface area contributed by atoms with Crippen LogP contribution < -0.4 is 4.18 Å². The fourth-order valence-electron chi connectivity index (χ4n) is 0.618. The van der Waals surface area contributed by atoms with Crippen LogP contribution in [0.2, 0.25) is 0 Å². The number of halogens is 4. The molecule has 6 heteroatoms. The maximum atomic E-state index is 12.5. The van der Waals surface area contributed by atoms with Crippen molar-refractivity contribution in [1.29, 1.82) is 0 Å². The van der Waals surface area contributed by atoms with Gasteiger partial charge in [0.25, 0.3) is 0 Å². The van der Waals surface area contributed by atoms with Crippen LogP contribution in [0, 0.1) is 23.3 Å². The van der Waals surface area contributed by atoms with Gasteiger partial charge in [0, 0.05) is 19.0 Å². The van der Waals surface area contributed by atoms with E-state index in [1.807, 2.05) is 0 Å². The number of rotatable bonds is 1. The minimum Gasteiger partial charge on any atom is -0.426 e. The molecule has 0 aliphatic carbocycles. The number of thiol groups is 1. The van der Waals surface area contributed by atoms with Crippen LogP contribution >= 0.6 is 12.9 Å². The van der Waals surface area contributed by atoms with Crippen LogP contribution in [-0.2, 0) is 0 Å². The van der Waals surface area contributed by atoms with E-state index in [1.165, 1.54) is 0 Å². The lowest BCUT2D eigenvalue weighted by molar-refractivity contribution is 0.394. The van der Waals surface area contributed by atoms with Gasteiger partial charge in [0.05, 0.1) is 0 Å². The van der Waals surface area contributed by atoms with Gasteiger partial charge in [-0.1, -0.05) is 0 Å². The minimum atomic E-state index is -1.92. The van der Waals surface area contributed by atoms with Crippen molar-refractivity contribution in [2.75, 3.05) is 0 Å². The quantitative estimate of drug-likeness (QED) is 0.240. The molecule has 12 heavy (non-hydrogen) atoms. The van der Waals surface area contributed by atoms with Gasteiger partial charge in [0.15, 0.2) is 17.4 Å². The summed E-state index contributed by atoms with van der Waals surface area (Å²) in [5.41, 5.74) is 0. The summed E-state index contributed by atoms with van der Waals surface area (Å²) < 4.78 is 53.3. The minimum absolute atomic E-state index is 0.362. The molecule has 1 aromatic rings. The highest BCUT2D eigenvalue weighted by Crippen LogP contribution is 2.24. The average molecular weight is 198 g/mol. The molecule has 0 aromatic heterocycles. The molecule has 0 saturated carbocycles. The lowest BCUT2D eigenvalue weighted by atomic mass is 10.3. The van der Waals surface area contributed by atoms with Crippen molar-refractivity contribution in [1.82, 2.24) is 0 Å². The Hall–Kier alpha value is -0.910. The van der Waals surface area contributed by atoms with Crippen LogP contribution in [0.5, 0.6) is 5.75 Å². The van der Waals surface area contributed by atoms with E-state index >= 15 is 0 Å². The summed E-state index contributed by atoms with van der Waals surface area (Å²) in [5, 5.41) is 0. The molecular formula is C6H2F4OS. The monoisotopic (exact) mass is 198 g/mol. The first kappa shape index (κ1) is 9.18. The van der Waals surface area contributed by atoms with Gasteiger partial charge in [0.2, 0.25) is 11.6 Å². The van der Waals surface area contributed by atoms with E-state index in [0.29, 0.717) is 6.07 Å². The highest BCUT2D eigenvalue weighted by molar-refractivity contribution is 7.75. The van der Waals surface area contributed by atoms with Crippen LogP contribution in [0.1, 0.15) is 0 Å². The van der Waals surface area contributed by atoms with E-state index in [9.17, 15) is 17.6 Å². The van der Waals surface area contributed by atoms with E-state index in [4.69, 9.17) is 0 Å². The Bertz CT molecular complexity index is 315. The van der Waals surface area contributed by atoms with Crippen molar-refractivity contribution < 1.29 is 21.7 Å². The Morgan fingerprint density at radius 2 is 1.58 bits per heavy atom. The second-order valence-corrected chi connectivity index (χ2v) is 2.07. The summed E-state index contributed by atoms with van der Waals surface area (Å²) >= 11 is 3.11. The molecule has 66 valence electrons. The summed E-state index contributed by atoms with van der Waals surface area (Å²) in [6.07, 6.45) is 0. The molecular weight excluding hydrogens is 196 g/mol. The van der Waals surface area contributed by atoms with Crippen molar-refractivity contribution in [2.24, 2.45) is 0 Å². The summed E-state index contributed by atoms with van der Waals surface area (Å²) in [4.78, 5) is 0. The van der Waals surface area contributed by atoms with Gasteiger partial charge < -0.3 is 4.18 Å². The smallest absolute Gasteiger partial charge is 0.205 e. The zero-order valence-corrected chi connectivity index (χ0v) is 6.34. The Balaban J connectivity index is 3.39. The van der Waals surface area contributed by atoms with E-state index in [1.54, 1.807) is 0 Å². The average Bonchev–Trinajstić information content (AvgIpc) is 2.08. The molecule has 0 saturated heterocycles. The first-order valence-corrected chi connectivity index (χ1v) is 3.09.